The average Bonchev–Trinajstić information content (AvgIpc) is 2.09. The van der Waals surface area contributed by atoms with Gasteiger partial charge in [-0.15, -0.1) is 0 Å². The normalized spacial score (nSPS) is 15.4. The summed E-state index contributed by atoms with van der Waals surface area (Å²) in [5.74, 6) is -0.160. The number of halogens is 1. The van der Waals surface area contributed by atoms with E-state index >= 15 is 0 Å². The van der Waals surface area contributed by atoms with Gasteiger partial charge in [0, 0.05) is 5.54 Å². The van der Waals surface area contributed by atoms with Crippen molar-refractivity contribution in [3.63, 3.8) is 0 Å². The van der Waals surface area contributed by atoms with Crippen LogP contribution in [0.25, 0.3) is 0 Å². The van der Waals surface area contributed by atoms with Gasteiger partial charge < -0.3 is 5.73 Å². The molecule has 72 valence electrons. The molecule has 0 fully saturated rings. The van der Waals surface area contributed by atoms with Crippen LogP contribution in [0.5, 0.6) is 0 Å². The lowest BCUT2D eigenvalue weighted by atomic mass is 9.91. The molecule has 0 aliphatic rings. The lowest BCUT2D eigenvalue weighted by molar-refractivity contribution is 0.439. The van der Waals surface area contributed by atoms with Crippen molar-refractivity contribution >= 4 is 0 Å². The monoisotopic (exact) mass is 181 g/mol. The van der Waals surface area contributed by atoms with Gasteiger partial charge in [-0.3, -0.25) is 0 Å². The van der Waals surface area contributed by atoms with E-state index in [0.717, 1.165) is 6.42 Å². The van der Waals surface area contributed by atoms with Gasteiger partial charge in [0.25, 0.3) is 0 Å². The quantitative estimate of drug-likeness (QED) is 0.761. The molecule has 2 heteroatoms. The maximum absolute atomic E-state index is 13.2. The smallest absolute Gasteiger partial charge is 0.126 e. The Balaban J connectivity index is 2.80. The first-order valence-electron chi connectivity index (χ1n) is 4.57. The zero-order valence-electron chi connectivity index (χ0n) is 8.18. The summed E-state index contributed by atoms with van der Waals surface area (Å²) in [5, 5.41) is 0. The van der Waals surface area contributed by atoms with Crippen molar-refractivity contribution in [3.8, 4) is 0 Å². The first kappa shape index (κ1) is 10.2. The predicted octanol–water partition coefficient (Wildman–Crippen LogP) is 2.50. The summed E-state index contributed by atoms with van der Waals surface area (Å²) in [5.41, 5.74) is 6.35. The standard InChI is InChI=1S/C11H16FN/c1-3-11(2,13)8-9-6-4-5-7-10(9)12/h4-7H,3,8,13H2,1-2H3. The molecule has 1 nitrogen and oxygen atoms in total. The van der Waals surface area contributed by atoms with E-state index < -0.39 is 0 Å². The zero-order valence-corrected chi connectivity index (χ0v) is 8.18. The van der Waals surface area contributed by atoms with Gasteiger partial charge in [-0.05, 0) is 31.4 Å². The Morgan fingerprint density at radius 1 is 1.38 bits per heavy atom. The second-order valence-corrected chi connectivity index (χ2v) is 3.78. The van der Waals surface area contributed by atoms with Crippen molar-refractivity contribution < 1.29 is 4.39 Å². The van der Waals surface area contributed by atoms with Gasteiger partial charge in [-0.25, -0.2) is 4.39 Å². The topological polar surface area (TPSA) is 26.0 Å². The Labute approximate surface area is 78.8 Å². The van der Waals surface area contributed by atoms with Crippen molar-refractivity contribution in [2.45, 2.75) is 32.2 Å². The first-order valence-corrected chi connectivity index (χ1v) is 4.57. The molecule has 2 N–H and O–H groups in total. The number of rotatable bonds is 3. The molecule has 1 aromatic carbocycles. The molecule has 0 bridgehead atoms. The predicted molar refractivity (Wildman–Crippen MR) is 53.0 cm³/mol. The minimum atomic E-state index is -0.303. The van der Waals surface area contributed by atoms with Gasteiger partial charge in [0.1, 0.15) is 5.82 Å². The van der Waals surface area contributed by atoms with Gasteiger partial charge in [-0.2, -0.15) is 0 Å². The van der Waals surface area contributed by atoms with Crippen molar-refractivity contribution in [2.24, 2.45) is 5.73 Å². The van der Waals surface area contributed by atoms with Crippen LogP contribution in [0.3, 0.4) is 0 Å². The van der Waals surface area contributed by atoms with Crippen LogP contribution in [-0.4, -0.2) is 5.54 Å². The molecule has 0 saturated carbocycles. The average molecular weight is 181 g/mol. The first-order chi connectivity index (χ1) is 6.05. The molecule has 0 aromatic heterocycles. The summed E-state index contributed by atoms with van der Waals surface area (Å²) in [6, 6.07) is 6.79. The summed E-state index contributed by atoms with van der Waals surface area (Å²) < 4.78 is 13.2. The lowest BCUT2D eigenvalue weighted by Crippen LogP contribution is -2.37. The van der Waals surface area contributed by atoms with Crippen LogP contribution in [0.15, 0.2) is 24.3 Å². The van der Waals surface area contributed by atoms with E-state index in [9.17, 15) is 4.39 Å². The van der Waals surface area contributed by atoms with E-state index in [2.05, 4.69) is 0 Å². The number of hydrogen-bond acceptors (Lipinski definition) is 1. The largest absolute Gasteiger partial charge is 0.325 e. The molecule has 13 heavy (non-hydrogen) atoms. The summed E-state index contributed by atoms with van der Waals surface area (Å²) in [4.78, 5) is 0. The van der Waals surface area contributed by atoms with Gasteiger partial charge in [0.15, 0.2) is 0 Å². The molecule has 0 spiro atoms. The maximum Gasteiger partial charge on any atom is 0.126 e. The van der Waals surface area contributed by atoms with Crippen LogP contribution in [0, 0.1) is 5.82 Å². The van der Waals surface area contributed by atoms with E-state index in [1.165, 1.54) is 6.07 Å². The third-order valence-electron chi connectivity index (χ3n) is 2.36. The van der Waals surface area contributed by atoms with Crippen LogP contribution in [0.1, 0.15) is 25.8 Å². The summed E-state index contributed by atoms with van der Waals surface area (Å²) in [6.45, 7) is 3.96. The minimum Gasteiger partial charge on any atom is -0.325 e. The number of benzene rings is 1. The van der Waals surface area contributed by atoms with E-state index in [1.54, 1.807) is 12.1 Å². The number of nitrogens with two attached hydrogens (primary N) is 1. The zero-order chi connectivity index (χ0) is 9.90. The summed E-state index contributed by atoms with van der Waals surface area (Å²) in [6.07, 6.45) is 1.44. The fourth-order valence-corrected chi connectivity index (χ4v) is 1.20. The Morgan fingerprint density at radius 3 is 2.54 bits per heavy atom. The molecule has 1 atom stereocenters. The van der Waals surface area contributed by atoms with E-state index in [4.69, 9.17) is 5.73 Å². The van der Waals surface area contributed by atoms with Crippen molar-refractivity contribution in [1.29, 1.82) is 0 Å². The Bertz CT molecular complexity index is 281. The third kappa shape index (κ3) is 2.81. The highest BCUT2D eigenvalue weighted by Gasteiger charge is 2.17. The molecule has 0 saturated heterocycles. The van der Waals surface area contributed by atoms with Gasteiger partial charge in [0.05, 0.1) is 0 Å². The van der Waals surface area contributed by atoms with E-state index in [0.29, 0.717) is 12.0 Å². The molecule has 1 unspecified atom stereocenters. The molecule has 0 amide bonds. The Kier molecular flexibility index (Phi) is 3.04. The van der Waals surface area contributed by atoms with E-state index in [-0.39, 0.29) is 11.4 Å². The van der Waals surface area contributed by atoms with Crippen LogP contribution >= 0.6 is 0 Å². The molecule has 0 heterocycles. The third-order valence-corrected chi connectivity index (χ3v) is 2.36. The highest BCUT2D eigenvalue weighted by Crippen LogP contribution is 2.16. The fraction of sp³-hybridized carbons (Fsp3) is 0.455. The molecule has 0 radical (unpaired) electrons. The van der Waals surface area contributed by atoms with Crippen LogP contribution in [-0.2, 0) is 6.42 Å². The minimum absolute atomic E-state index is 0.160. The maximum atomic E-state index is 13.2. The highest BCUT2D eigenvalue weighted by molar-refractivity contribution is 5.19. The van der Waals surface area contributed by atoms with Crippen molar-refractivity contribution in [2.75, 3.05) is 0 Å². The van der Waals surface area contributed by atoms with Crippen LogP contribution < -0.4 is 5.73 Å². The van der Waals surface area contributed by atoms with Crippen LogP contribution in [0.4, 0.5) is 4.39 Å². The van der Waals surface area contributed by atoms with Gasteiger partial charge >= 0.3 is 0 Å². The molecule has 1 aromatic rings. The second kappa shape index (κ2) is 3.88. The SMILES string of the molecule is CCC(C)(N)Cc1ccccc1F. The molecule has 0 aliphatic carbocycles. The van der Waals surface area contributed by atoms with Gasteiger partial charge in [-0.1, -0.05) is 25.1 Å². The molecule has 0 aliphatic heterocycles. The van der Waals surface area contributed by atoms with E-state index in [1.807, 2.05) is 19.9 Å². The molecule has 1 rings (SSSR count). The van der Waals surface area contributed by atoms with Crippen LogP contribution in [0.2, 0.25) is 0 Å². The highest BCUT2D eigenvalue weighted by atomic mass is 19.1. The molecular formula is C11H16FN. The van der Waals surface area contributed by atoms with Gasteiger partial charge in [0.2, 0.25) is 0 Å². The summed E-state index contributed by atoms with van der Waals surface area (Å²) in [7, 11) is 0. The van der Waals surface area contributed by atoms with Crippen molar-refractivity contribution in [3.05, 3.63) is 35.6 Å². The fourth-order valence-electron chi connectivity index (χ4n) is 1.20. The second-order valence-electron chi connectivity index (χ2n) is 3.78. The van der Waals surface area contributed by atoms with Crippen molar-refractivity contribution in [1.82, 2.24) is 0 Å². The molecular weight excluding hydrogens is 165 g/mol. The lowest BCUT2D eigenvalue weighted by Gasteiger charge is -2.22. The summed E-state index contributed by atoms with van der Waals surface area (Å²) >= 11 is 0. The Hall–Kier alpha value is -0.890. The number of hydrogen-bond donors (Lipinski definition) is 1. The Morgan fingerprint density at radius 2 is 2.00 bits per heavy atom.